The Morgan fingerprint density at radius 2 is 2.00 bits per heavy atom. The highest BCUT2D eigenvalue weighted by Gasteiger charge is 2.42. The minimum atomic E-state index is 0.297. The molecule has 0 radical (unpaired) electrons. The molecule has 1 amide bonds. The van der Waals surface area contributed by atoms with E-state index in [-0.39, 0.29) is 0 Å². The van der Waals surface area contributed by atoms with Crippen molar-refractivity contribution in [2.45, 2.75) is 32.1 Å². The zero-order valence-corrected chi connectivity index (χ0v) is 12.3. The first kappa shape index (κ1) is 12.9. The molecule has 1 saturated heterocycles. The van der Waals surface area contributed by atoms with Crippen LogP contribution in [0.1, 0.15) is 38.0 Å². The molecule has 1 aromatic carbocycles. The van der Waals surface area contributed by atoms with Gasteiger partial charge < -0.3 is 9.32 Å². The maximum atomic E-state index is 12.2. The molecule has 4 heteroatoms. The minimum absolute atomic E-state index is 0.297. The van der Waals surface area contributed by atoms with E-state index in [4.69, 9.17) is 4.42 Å². The number of carbonyl (C=O) groups excluding carboxylic acids is 1. The Morgan fingerprint density at radius 1 is 1.29 bits per heavy atom. The SMILES string of the molecule is CC1CC1C(=O)N1CCC(c2nc3ccccc3o2)CC1. The molecule has 2 aliphatic rings. The number of hydrogen-bond donors (Lipinski definition) is 0. The number of benzene rings is 1. The van der Waals surface area contributed by atoms with Gasteiger partial charge in [0.05, 0.1) is 0 Å². The van der Waals surface area contributed by atoms with Gasteiger partial charge in [0, 0.05) is 24.9 Å². The number of nitrogens with zero attached hydrogens (tertiary/aromatic N) is 2. The van der Waals surface area contributed by atoms with Gasteiger partial charge in [0.2, 0.25) is 5.91 Å². The van der Waals surface area contributed by atoms with Crippen LogP contribution in [0.15, 0.2) is 28.7 Å². The third-order valence-corrected chi connectivity index (χ3v) is 4.89. The summed E-state index contributed by atoms with van der Waals surface area (Å²) < 4.78 is 5.87. The van der Waals surface area contributed by atoms with Crippen molar-refractivity contribution in [1.29, 1.82) is 0 Å². The Kier molecular flexibility index (Phi) is 2.98. The lowest BCUT2D eigenvalue weighted by atomic mass is 9.96. The highest BCUT2D eigenvalue weighted by molar-refractivity contribution is 5.81. The van der Waals surface area contributed by atoms with Crippen molar-refractivity contribution in [1.82, 2.24) is 9.88 Å². The average molecular weight is 284 g/mol. The fourth-order valence-corrected chi connectivity index (χ4v) is 3.31. The molecule has 4 nitrogen and oxygen atoms in total. The van der Waals surface area contributed by atoms with Gasteiger partial charge in [-0.25, -0.2) is 4.98 Å². The Balaban J connectivity index is 1.43. The summed E-state index contributed by atoms with van der Waals surface area (Å²) in [6.45, 7) is 3.84. The van der Waals surface area contributed by atoms with E-state index < -0.39 is 0 Å². The Bertz CT molecular complexity index is 637. The van der Waals surface area contributed by atoms with Crippen LogP contribution in [-0.4, -0.2) is 28.9 Å². The van der Waals surface area contributed by atoms with Crippen LogP contribution in [0.25, 0.3) is 11.1 Å². The molecule has 21 heavy (non-hydrogen) atoms. The van der Waals surface area contributed by atoms with Gasteiger partial charge in [-0.05, 0) is 37.3 Å². The maximum Gasteiger partial charge on any atom is 0.225 e. The van der Waals surface area contributed by atoms with Gasteiger partial charge in [-0.2, -0.15) is 0 Å². The van der Waals surface area contributed by atoms with Crippen LogP contribution in [0, 0.1) is 11.8 Å². The van der Waals surface area contributed by atoms with Gasteiger partial charge in [0.25, 0.3) is 0 Å². The lowest BCUT2D eigenvalue weighted by Crippen LogP contribution is -2.39. The van der Waals surface area contributed by atoms with E-state index >= 15 is 0 Å². The minimum Gasteiger partial charge on any atom is -0.440 e. The van der Waals surface area contributed by atoms with Crippen LogP contribution in [0.5, 0.6) is 0 Å². The Labute approximate surface area is 124 Å². The largest absolute Gasteiger partial charge is 0.440 e. The van der Waals surface area contributed by atoms with Crippen molar-refractivity contribution >= 4 is 17.0 Å². The van der Waals surface area contributed by atoms with Crippen LogP contribution in [-0.2, 0) is 4.79 Å². The predicted molar refractivity (Wildman–Crippen MR) is 79.8 cm³/mol. The van der Waals surface area contributed by atoms with E-state index in [1.54, 1.807) is 0 Å². The zero-order valence-electron chi connectivity index (χ0n) is 12.3. The van der Waals surface area contributed by atoms with Crippen molar-refractivity contribution in [3.05, 3.63) is 30.2 Å². The van der Waals surface area contributed by atoms with Gasteiger partial charge in [0.15, 0.2) is 11.5 Å². The van der Waals surface area contributed by atoms with E-state index in [0.717, 1.165) is 49.3 Å². The first-order chi connectivity index (χ1) is 10.2. The molecule has 0 bridgehead atoms. The zero-order chi connectivity index (χ0) is 14.4. The van der Waals surface area contributed by atoms with E-state index in [0.29, 0.717) is 23.7 Å². The number of hydrogen-bond acceptors (Lipinski definition) is 3. The van der Waals surface area contributed by atoms with Crippen LogP contribution in [0.4, 0.5) is 0 Å². The second-order valence-corrected chi connectivity index (χ2v) is 6.44. The molecule has 1 saturated carbocycles. The van der Waals surface area contributed by atoms with Crippen LogP contribution < -0.4 is 0 Å². The lowest BCUT2D eigenvalue weighted by molar-refractivity contribution is -0.134. The monoisotopic (exact) mass is 284 g/mol. The highest BCUT2D eigenvalue weighted by Crippen LogP contribution is 2.40. The molecule has 2 atom stereocenters. The van der Waals surface area contributed by atoms with Gasteiger partial charge in [0.1, 0.15) is 5.52 Å². The van der Waals surface area contributed by atoms with E-state index in [1.807, 2.05) is 29.2 Å². The first-order valence-electron chi connectivity index (χ1n) is 7.86. The van der Waals surface area contributed by atoms with Crippen LogP contribution >= 0.6 is 0 Å². The third kappa shape index (κ3) is 2.33. The molecule has 0 N–H and O–H groups in total. The van der Waals surface area contributed by atoms with Gasteiger partial charge >= 0.3 is 0 Å². The molecular weight excluding hydrogens is 264 g/mol. The molecule has 2 aromatic rings. The number of oxazole rings is 1. The molecule has 1 aromatic heterocycles. The third-order valence-electron chi connectivity index (χ3n) is 4.89. The summed E-state index contributed by atoms with van der Waals surface area (Å²) in [6.07, 6.45) is 2.99. The van der Waals surface area contributed by atoms with E-state index in [9.17, 15) is 4.79 Å². The van der Waals surface area contributed by atoms with Crippen molar-refractivity contribution < 1.29 is 9.21 Å². The summed E-state index contributed by atoms with van der Waals surface area (Å²) in [7, 11) is 0. The molecule has 1 aliphatic heterocycles. The molecule has 0 spiro atoms. The first-order valence-corrected chi connectivity index (χ1v) is 7.86. The summed E-state index contributed by atoms with van der Waals surface area (Å²) in [5.41, 5.74) is 1.79. The topological polar surface area (TPSA) is 46.3 Å². The number of aromatic nitrogens is 1. The Hall–Kier alpha value is -1.84. The fraction of sp³-hybridized carbons (Fsp3) is 0.529. The maximum absolute atomic E-state index is 12.2. The second kappa shape index (κ2) is 4.86. The van der Waals surface area contributed by atoms with Gasteiger partial charge in [-0.15, -0.1) is 0 Å². The number of likely N-dealkylation sites (tertiary alicyclic amines) is 1. The van der Waals surface area contributed by atoms with Crippen LogP contribution in [0.3, 0.4) is 0 Å². The van der Waals surface area contributed by atoms with Crippen molar-refractivity contribution in [2.75, 3.05) is 13.1 Å². The smallest absolute Gasteiger partial charge is 0.225 e. The summed E-state index contributed by atoms with van der Waals surface area (Å²) in [4.78, 5) is 18.9. The molecule has 2 unspecified atom stereocenters. The number of fused-ring (bicyclic) bond motifs is 1. The molecule has 4 rings (SSSR count). The van der Waals surface area contributed by atoms with Crippen molar-refractivity contribution in [2.24, 2.45) is 11.8 Å². The summed E-state index contributed by atoms with van der Waals surface area (Å²) in [6, 6.07) is 7.89. The quantitative estimate of drug-likeness (QED) is 0.851. The number of para-hydroxylation sites is 2. The predicted octanol–water partition coefficient (Wildman–Crippen LogP) is 3.19. The summed E-state index contributed by atoms with van der Waals surface area (Å²) in [5.74, 6) is 2.43. The Morgan fingerprint density at radius 3 is 2.67 bits per heavy atom. The van der Waals surface area contributed by atoms with Crippen molar-refractivity contribution in [3.63, 3.8) is 0 Å². The van der Waals surface area contributed by atoms with Gasteiger partial charge in [-0.1, -0.05) is 19.1 Å². The van der Waals surface area contributed by atoms with E-state index in [2.05, 4.69) is 11.9 Å². The summed E-state index contributed by atoms with van der Waals surface area (Å²) in [5, 5.41) is 0. The van der Waals surface area contributed by atoms with Crippen molar-refractivity contribution in [3.8, 4) is 0 Å². The number of rotatable bonds is 2. The lowest BCUT2D eigenvalue weighted by Gasteiger charge is -2.30. The van der Waals surface area contributed by atoms with Crippen LogP contribution in [0.2, 0.25) is 0 Å². The number of amides is 1. The normalized spacial score (nSPS) is 26.2. The molecule has 2 fully saturated rings. The molecular formula is C17H20N2O2. The molecule has 1 aliphatic carbocycles. The number of piperidine rings is 1. The number of carbonyl (C=O) groups is 1. The standard InChI is InChI=1S/C17H20N2O2/c1-11-10-13(11)17(20)19-8-6-12(7-9-19)16-18-14-4-2-3-5-15(14)21-16/h2-5,11-13H,6-10H2,1H3. The van der Waals surface area contributed by atoms with Gasteiger partial charge in [-0.3, -0.25) is 4.79 Å². The van der Waals surface area contributed by atoms with E-state index in [1.165, 1.54) is 0 Å². The molecule has 110 valence electrons. The summed E-state index contributed by atoms with van der Waals surface area (Å²) >= 11 is 0. The second-order valence-electron chi connectivity index (χ2n) is 6.44. The highest BCUT2D eigenvalue weighted by atomic mass is 16.3. The average Bonchev–Trinajstić information content (AvgIpc) is 3.09. The fourth-order valence-electron chi connectivity index (χ4n) is 3.31. The molecule has 2 heterocycles.